The summed E-state index contributed by atoms with van der Waals surface area (Å²) in [5, 5.41) is 25.2. The highest BCUT2D eigenvalue weighted by atomic mass is 35.5. The summed E-state index contributed by atoms with van der Waals surface area (Å²) in [6, 6.07) is 16.8. The van der Waals surface area contributed by atoms with Gasteiger partial charge < -0.3 is 15.4 Å². The molecule has 0 unspecified atom stereocenters. The predicted molar refractivity (Wildman–Crippen MR) is 138 cm³/mol. The predicted octanol–water partition coefficient (Wildman–Crippen LogP) is 5.59. The number of nitro groups is 1. The van der Waals surface area contributed by atoms with E-state index in [-0.39, 0.29) is 17.3 Å². The van der Waals surface area contributed by atoms with Crippen LogP contribution in [0.3, 0.4) is 0 Å². The van der Waals surface area contributed by atoms with Crippen LogP contribution in [0.25, 0.3) is 5.69 Å². The fourth-order valence-corrected chi connectivity index (χ4v) is 4.40. The van der Waals surface area contributed by atoms with Crippen molar-refractivity contribution in [1.29, 1.82) is 0 Å². The highest BCUT2D eigenvalue weighted by Gasteiger charge is 2.17. The molecule has 0 aliphatic rings. The number of urea groups is 1. The molecule has 2 amide bonds. The van der Waals surface area contributed by atoms with E-state index in [1.807, 2.05) is 24.3 Å². The first-order chi connectivity index (χ1) is 17.8. The van der Waals surface area contributed by atoms with Gasteiger partial charge in [-0.05, 0) is 48.0 Å². The molecule has 0 fully saturated rings. The number of aromatic nitrogens is 3. The summed E-state index contributed by atoms with van der Waals surface area (Å²) in [6.45, 7) is -0.00946. The average molecular weight is 543 g/mol. The minimum Gasteiger partial charge on any atom is -0.497 e. The number of amides is 2. The fourth-order valence-electron chi connectivity index (χ4n) is 3.31. The van der Waals surface area contributed by atoms with Crippen LogP contribution in [-0.2, 0) is 12.3 Å². The van der Waals surface area contributed by atoms with Crippen LogP contribution in [0.15, 0.2) is 71.9 Å². The second-order valence-electron chi connectivity index (χ2n) is 7.58. The zero-order valence-electron chi connectivity index (χ0n) is 19.4. The molecule has 13 heteroatoms. The topological polar surface area (TPSA) is 124 Å². The molecular formula is C24H20ClFN6O4S. The molecule has 0 bridgehead atoms. The van der Waals surface area contributed by atoms with Crippen LogP contribution in [0, 0.1) is 15.9 Å². The van der Waals surface area contributed by atoms with Crippen LogP contribution >= 0.6 is 23.4 Å². The van der Waals surface area contributed by atoms with Crippen LogP contribution < -0.4 is 15.4 Å². The molecule has 2 N–H and O–H groups in total. The Balaban J connectivity index is 1.54. The van der Waals surface area contributed by atoms with Gasteiger partial charge in [0.1, 0.15) is 11.6 Å². The summed E-state index contributed by atoms with van der Waals surface area (Å²) < 4.78 is 20.4. The second kappa shape index (κ2) is 11.7. The maximum absolute atomic E-state index is 13.4. The van der Waals surface area contributed by atoms with Crippen LogP contribution in [0.4, 0.5) is 20.6 Å². The lowest BCUT2D eigenvalue weighted by Gasteiger charge is -2.12. The van der Waals surface area contributed by atoms with Gasteiger partial charge in [0.25, 0.3) is 5.69 Å². The van der Waals surface area contributed by atoms with Crippen LogP contribution in [-0.4, -0.2) is 32.8 Å². The summed E-state index contributed by atoms with van der Waals surface area (Å²) in [7, 11) is 1.59. The van der Waals surface area contributed by atoms with Crippen molar-refractivity contribution in [2.45, 2.75) is 17.5 Å². The number of nitrogens with zero attached hydrogens (tertiary/aromatic N) is 4. The van der Waals surface area contributed by atoms with Crippen molar-refractivity contribution in [3.8, 4) is 11.4 Å². The van der Waals surface area contributed by atoms with Crippen molar-refractivity contribution < 1.29 is 18.8 Å². The number of nitro benzene ring substituents is 1. The largest absolute Gasteiger partial charge is 0.497 e. The number of ether oxygens (including phenoxy) is 1. The molecule has 1 heterocycles. The van der Waals surface area contributed by atoms with Gasteiger partial charge in [-0.3, -0.25) is 14.7 Å². The Morgan fingerprint density at radius 1 is 1.16 bits per heavy atom. The van der Waals surface area contributed by atoms with E-state index >= 15 is 0 Å². The quantitative estimate of drug-likeness (QED) is 0.160. The summed E-state index contributed by atoms with van der Waals surface area (Å²) in [5.41, 5.74) is 1.85. The molecule has 0 radical (unpaired) electrons. The number of benzene rings is 3. The Morgan fingerprint density at radius 3 is 2.65 bits per heavy atom. The van der Waals surface area contributed by atoms with E-state index in [0.717, 1.165) is 17.4 Å². The van der Waals surface area contributed by atoms with Gasteiger partial charge in [-0.25, -0.2) is 9.18 Å². The number of anilines is 1. The van der Waals surface area contributed by atoms with E-state index in [4.69, 9.17) is 16.3 Å². The summed E-state index contributed by atoms with van der Waals surface area (Å²) in [4.78, 5) is 23.0. The summed E-state index contributed by atoms with van der Waals surface area (Å²) in [6.07, 6.45) is 0. The third-order valence-electron chi connectivity index (χ3n) is 5.11. The Labute approximate surface area is 220 Å². The first-order valence-electron chi connectivity index (χ1n) is 10.8. The number of halogens is 2. The number of thioether (sulfide) groups is 1. The van der Waals surface area contributed by atoms with E-state index in [9.17, 15) is 19.3 Å². The molecule has 37 heavy (non-hydrogen) atoms. The first kappa shape index (κ1) is 25.9. The van der Waals surface area contributed by atoms with Crippen molar-refractivity contribution in [1.82, 2.24) is 20.1 Å². The number of hydrogen-bond donors (Lipinski definition) is 2. The van der Waals surface area contributed by atoms with E-state index in [2.05, 4.69) is 20.8 Å². The van der Waals surface area contributed by atoms with E-state index < -0.39 is 16.8 Å². The molecule has 0 aliphatic heterocycles. The third-order valence-corrected chi connectivity index (χ3v) is 6.40. The van der Waals surface area contributed by atoms with Crippen molar-refractivity contribution in [2.75, 3.05) is 12.4 Å². The van der Waals surface area contributed by atoms with Crippen molar-refractivity contribution in [3.63, 3.8) is 0 Å². The molecule has 4 aromatic rings. The SMILES string of the molecule is COc1cccc(CSc2nnc(CNC(=O)Nc3ccc(F)c(Cl)c3)n2-c2ccc([N+](=O)[O-])cc2)c1. The van der Waals surface area contributed by atoms with Gasteiger partial charge in [0.05, 0.1) is 23.6 Å². The molecule has 0 atom stereocenters. The molecular weight excluding hydrogens is 523 g/mol. The lowest BCUT2D eigenvalue weighted by Crippen LogP contribution is -2.29. The molecule has 0 spiro atoms. The fraction of sp³-hybridized carbons (Fsp3) is 0.125. The van der Waals surface area contributed by atoms with E-state index in [1.165, 1.54) is 36.0 Å². The molecule has 10 nitrogen and oxygen atoms in total. The van der Waals surface area contributed by atoms with Crippen molar-refractivity contribution >= 4 is 40.8 Å². The zero-order valence-corrected chi connectivity index (χ0v) is 20.9. The zero-order chi connectivity index (χ0) is 26.4. The number of non-ortho nitro benzene ring substituents is 1. The van der Waals surface area contributed by atoms with E-state index in [1.54, 1.807) is 23.8 Å². The molecule has 4 rings (SSSR count). The normalized spacial score (nSPS) is 10.7. The second-order valence-corrected chi connectivity index (χ2v) is 8.93. The van der Waals surface area contributed by atoms with Gasteiger partial charge in [-0.15, -0.1) is 10.2 Å². The monoisotopic (exact) mass is 542 g/mol. The van der Waals surface area contributed by atoms with Crippen LogP contribution in [0.2, 0.25) is 5.02 Å². The Bertz CT molecular complexity index is 1430. The van der Waals surface area contributed by atoms with Gasteiger partial charge in [0.15, 0.2) is 11.0 Å². The number of hydrogen-bond acceptors (Lipinski definition) is 7. The lowest BCUT2D eigenvalue weighted by molar-refractivity contribution is -0.384. The Kier molecular flexibility index (Phi) is 8.21. The maximum atomic E-state index is 13.4. The standard InChI is InChI=1S/C24H20ClFN6O4S/c1-36-19-4-2-3-15(11-19)14-37-24-30-29-22(31(24)17-6-8-18(9-7-17)32(34)35)13-27-23(33)28-16-5-10-21(26)20(25)12-16/h2-12H,13-14H2,1H3,(H2,27,28,33). The summed E-state index contributed by atoms with van der Waals surface area (Å²) in [5.74, 6) is 1.09. The Hall–Kier alpha value is -4.16. The van der Waals surface area contributed by atoms with Gasteiger partial charge in [-0.1, -0.05) is 35.5 Å². The number of carbonyl (C=O) groups is 1. The molecule has 0 saturated carbocycles. The highest BCUT2D eigenvalue weighted by Crippen LogP contribution is 2.27. The molecule has 190 valence electrons. The first-order valence-corrected chi connectivity index (χ1v) is 12.1. The Morgan fingerprint density at radius 2 is 1.95 bits per heavy atom. The highest BCUT2D eigenvalue weighted by molar-refractivity contribution is 7.98. The minimum absolute atomic E-state index is 0.00946. The number of methoxy groups -OCH3 is 1. The lowest BCUT2D eigenvalue weighted by atomic mass is 10.2. The molecule has 0 aliphatic carbocycles. The third kappa shape index (κ3) is 6.54. The smallest absolute Gasteiger partial charge is 0.319 e. The van der Waals surface area contributed by atoms with Gasteiger partial charge in [-0.2, -0.15) is 0 Å². The van der Waals surface area contributed by atoms with Crippen molar-refractivity contribution in [3.05, 3.63) is 99.1 Å². The molecule has 1 aromatic heterocycles. The minimum atomic E-state index is -0.595. The molecule has 3 aromatic carbocycles. The average Bonchev–Trinajstić information content (AvgIpc) is 3.31. The molecule has 0 saturated heterocycles. The number of nitrogens with one attached hydrogen (secondary N) is 2. The van der Waals surface area contributed by atoms with Gasteiger partial charge >= 0.3 is 6.03 Å². The van der Waals surface area contributed by atoms with Gasteiger partial charge in [0, 0.05) is 29.3 Å². The maximum Gasteiger partial charge on any atom is 0.319 e. The summed E-state index contributed by atoms with van der Waals surface area (Å²) >= 11 is 7.17. The number of carbonyl (C=O) groups excluding carboxylic acids is 1. The van der Waals surface area contributed by atoms with Gasteiger partial charge in [0.2, 0.25) is 0 Å². The number of rotatable bonds is 9. The van der Waals surface area contributed by atoms with E-state index in [0.29, 0.717) is 28.1 Å². The van der Waals surface area contributed by atoms with Crippen LogP contribution in [0.5, 0.6) is 5.75 Å². The van der Waals surface area contributed by atoms with Crippen molar-refractivity contribution in [2.24, 2.45) is 0 Å². The van der Waals surface area contributed by atoms with Crippen LogP contribution in [0.1, 0.15) is 11.4 Å².